The second kappa shape index (κ2) is 1.97. The van der Waals surface area contributed by atoms with Crippen molar-refractivity contribution >= 4 is 5.78 Å². The lowest BCUT2D eigenvalue weighted by Gasteiger charge is -2.34. The first-order chi connectivity index (χ1) is 4.91. The first-order valence-electron chi connectivity index (χ1n) is 2.91. The number of alkyl halides is 3. The lowest BCUT2D eigenvalue weighted by atomic mass is 9.68. The maximum Gasteiger partial charge on any atom is 0.408 e. The smallest absolute Gasteiger partial charge is 0.300 e. The number of halogens is 3. The summed E-state index contributed by atoms with van der Waals surface area (Å²) in [4.78, 5) is 10.3. The fraction of sp³-hybridized carbons (Fsp3) is 0.667. The molecule has 0 radical (unpaired) electrons. The average molecular weight is 163 g/mol. The van der Waals surface area contributed by atoms with Crippen LogP contribution < -0.4 is 0 Å². The van der Waals surface area contributed by atoms with Crippen molar-refractivity contribution in [2.75, 3.05) is 0 Å². The van der Waals surface area contributed by atoms with Crippen molar-refractivity contribution in [1.29, 1.82) is 5.26 Å². The normalized spacial score (nSPS) is 22.2. The summed E-state index contributed by atoms with van der Waals surface area (Å²) in [7, 11) is 0. The van der Waals surface area contributed by atoms with Crippen LogP contribution in [0.5, 0.6) is 0 Å². The third kappa shape index (κ3) is 0.985. The highest BCUT2D eigenvalue weighted by Gasteiger charge is 2.62. The zero-order valence-corrected chi connectivity index (χ0v) is 5.40. The standard InChI is InChI=1S/C6H4F3NO/c7-6(8,9)5(3-10)1-4(11)2-5/h1-2H2. The maximum atomic E-state index is 12.0. The number of nitrogens with zero attached hydrogens (tertiary/aromatic N) is 1. The SMILES string of the molecule is N#CC1(C(F)(F)F)CC(=O)C1. The molecular formula is C6H4F3NO. The lowest BCUT2D eigenvalue weighted by molar-refractivity contribution is -0.222. The van der Waals surface area contributed by atoms with Crippen molar-refractivity contribution in [2.45, 2.75) is 19.0 Å². The van der Waals surface area contributed by atoms with Crippen molar-refractivity contribution < 1.29 is 18.0 Å². The van der Waals surface area contributed by atoms with E-state index >= 15 is 0 Å². The molecule has 1 fully saturated rings. The minimum Gasteiger partial charge on any atom is -0.300 e. The van der Waals surface area contributed by atoms with Gasteiger partial charge in [-0.3, -0.25) is 4.79 Å². The molecular weight excluding hydrogens is 159 g/mol. The van der Waals surface area contributed by atoms with Gasteiger partial charge < -0.3 is 0 Å². The highest BCUT2D eigenvalue weighted by Crippen LogP contribution is 2.50. The molecule has 0 saturated heterocycles. The summed E-state index contributed by atoms with van der Waals surface area (Å²) >= 11 is 0. The van der Waals surface area contributed by atoms with Crippen LogP contribution >= 0.6 is 0 Å². The van der Waals surface area contributed by atoms with E-state index in [1.165, 1.54) is 0 Å². The van der Waals surface area contributed by atoms with E-state index in [-0.39, 0.29) is 0 Å². The fourth-order valence-corrected chi connectivity index (χ4v) is 0.964. The van der Waals surface area contributed by atoms with Gasteiger partial charge in [0.15, 0.2) is 5.41 Å². The Bertz CT molecular complexity index is 229. The number of rotatable bonds is 0. The molecule has 0 aliphatic heterocycles. The first-order valence-corrected chi connectivity index (χ1v) is 2.91. The molecule has 1 rings (SSSR count). The molecule has 0 heterocycles. The Morgan fingerprint density at radius 2 is 1.91 bits per heavy atom. The van der Waals surface area contributed by atoms with Gasteiger partial charge >= 0.3 is 6.18 Å². The molecule has 0 bridgehead atoms. The number of carbonyl (C=O) groups is 1. The molecule has 1 aliphatic rings. The Hall–Kier alpha value is -1.05. The van der Waals surface area contributed by atoms with Crippen LogP contribution in [-0.2, 0) is 4.79 Å². The van der Waals surface area contributed by atoms with E-state index in [1.54, 1.807) is 0 Å². The van der Waals surface area contributed by atoms with E-state index < -0.39 is 30.2 Å². The summed E-state index contributed by atoms with van der Waals surface area (Å²) < 4.78 is 35.9. The van der Waals surface area contributed by atoms with Gasteiger partial charge in [0.05, 0.1) is 6.07 Å². The molecule has 0 amide bonds. The van der Waals surface area contributed by atoms with Crippen LogP contribution in [0.3, 0.4) is 0 Å². The second-order valence-electron chi connectivity index (χ2n) is 2.58. The van der Waals surface area contributed by atoms with E-state index in [2.05, 4.69) is 0 Å². The molecule has 11 heavy (non-hydrogen) atoms. The van der Waals surface area contributed by atoms with Crippen LogP contribution in [0.15, 0.2) is 0 Å². The Labute approximate surface area is 60.6 Å². The number of carbonyl (C=O) groups excluding carboxylic acids is 1. The molecule has 0 aromatic heterocycles. The Morgan fingerprint density at radius 3 is 2.00 bits per heavy atom. The van der Waals surface area contributed by atoms with Crippen molar-refractivity contribution in [3.63, 3.8) is 0 Å². The number of hydrogen-bond donors (Lipinski definition) is 0. The van der Waals surface area contributed by atoms with Gasteiger partial charge in [-0.2, -0.15) is 18.4 Å². The van der Waals surface area contributed by atoms with Crippen molar-refractivity contribution in [3.05, 3.63) is 0 Å². The van der Waals surface area contributed by atoms with E-state index in [1.807, 2.05) is 0 Å². The largest absolute Gasteiger partial charge is 0.408 e. The zero-order chi connectivity index (χ0) is 8.70. The lowest BCUT2D eigenvalue weighted by Crippen LogP contribution is -2.47. The number of nitriles is 1. The molecule has 1 saturated carbocycles. The Kier molecular flexibility index (Phi) is 1.44. The van der Waals surface area contributed by atoms with Gasteiger partial charge in [0.25, 0.3) is 0 Å². The highest BCUT2D eigenvalue weighted by molar-refractivity contribution is 5.87. The maximum absolute atomic E-state index is 12.0. The molecule has 0 unspecified atom stereocenters. The second-order valence-corrected chi connectivity index (χ2v) is 2.58. The third-order valence-corrected chi connectivity index (χ3v) is 1.75. The number of hydrogen-bond acceptors (Lipinski definition) is 2. The third-order valence-electron chi connectivity index (χ3n) is 1.75. The van der Waals surface area contributed by atoms with Crippen molar-refractivity contribution in [2.24, 2.45) is 5.41 Å². The molecule has 2 nitrogen and oxygen atoms in total. The summed E-state index contributed by atoms with van der Waals surface area (Å²) in [5.41, 5.74) is -2.37. The van der Waals surface area contributed by atoms with Gasteiger partial charge in [-0.25, -0.2) is 0 Å². The Balaban J connectivity index is 2.83. The molecule has 0 atom stereocenters. The molecule has 0 spiro atoms. The molecule has 0 N–H and O–H groups in total. The van der Waals surface area contributed by atoms with Gasteiger partial charge in [-0.1, -0.05) is 0 Å². The van der Waals surface area contributed by atoms with Gasteiger partial charge in [-0.05, 0) is 0 Å². The summed E-state index contributed by atoms with van der Waals surface area (Å²) in [5.74, 6) is -0.496. The molecule has 1 aliphatic carbocycles. The predicted molar refractivity (Wildman–Crippen MR) is 28.3 cm³/mol. The summed E-state index contributed by atoms with van der Waals surface area (Å²) in [6.07, 6.45) is -5.91. The summed E-state index contributed by atoms with van der Waals surface area (Å²) in [5, 5.41) is 8.17. The summed E-state index contributed by atoms with van der Waals surface area (Å²) in [6, 6.07) is 1.14. The quantitative estimate of drug-likeness (QED) is 0.541. The molecule has 5 heteroatoms. The van der Waals surface area contributed by atoms with Crippen LogP contribution in [0.25, 0.3) is 0 Å². The first kappa shape index (κ1) is 8.05. The van der Waals surface area contributed by atoms with Gasteiger partial charge in [0.1, 0.15) is 5.78 Å². The summed E-state index contributed by atoms with van der Waals surface area (Å²) in [6.45, 7) is 0. The zero-order valence-electron chi connectivity index (χ0n) is 5.40. The van der Waals surface area contributed by atoms with Gasteiger partial charge in [-0.15, -0.1) is 0 Å². The van der Waals surface area contributed by atoms with E-state index in [0.29, 0.717) is 0 Å². The van der Waals surface area contributed by atoms with Crippen LogP contribution in [0.1, 0.15) is 12.8 Å². The van der Waals surface area contributed by atoms with Crippen LogP contribution in [0.4, 0.5) is 13.2 Å². The fourth-order valence-electron chi connectivity index (χ4n) is 0.964. The molecule has 0 aromatic carbocycles. The van der Waals surface area contributed by atoms with Crippen LogP contribution in [0.2, 0.25) is 0 Å². The van der Waals surface area contributed by atoms with Crippen LogP contribution in [-0.4, -0.2) is 12.0 Å². The van der Waals surface area contributed by atoms with Gasteiger partial charge in [0.2, 0.25) is 0 Å². The van der Waals surface area contributed by atoms with E-state index in [9.17, 15) is 18.0 Å². The Morgan fingerprint density at radius 1 is 1.45 bits per heavy atom. The highest BCUT2D eigenvalue weighted by atomic mass is 19.4. The molecule has 0 aromatic rings. The average Bonchev–Trinajstić information content (AvgIpc) is 1.77. The van der Waals surface area contributed by atoms with Crippen molar-refractivity contribution in [1.82, 2.24) is 0 Å². The van der Waals surface area contributed by atoms with Crippen molar-refractivity contribution in [3.8, 4) is 6.07 Å². The van der Waals surface area contributed by atoms with E-state index in [4.69, 9.17) is 5.26 Å². The molecule has 60 valence electrons. The predicted octanol–water partition coefficient (Wildman–Crippen LogP) is 1.42. The van der Waals surface area contributed by atoms with E-state index in [0.717, 1.165) is 6.07 Å². The monoisotopic (exact) mass is 163 g/mol. The van der Waals surface area contributed by atoms with Gasteiger partial charge in [0, 0.05) is 12.8 Å². The number of Topliss-reactive ketones (excluding diaryl/α,β-unsaturated/α-hetero) is 1. The minimum atomic E-state index is -4.56. The van der Waals surface area contributed by atoms with Crippen LogP contribution in [0, 0.1) is 16.7 Å². The number of ketones is 1. The minimum absolute atomic E-state index is 0.496. The topological polar surface area (TPSA) is 40.9 Å².